The molecule has 9 aromatic rings. The van der Waals surface area contributed by atoms with E-state index in [1.165, 1.54) is 184 Å². The van der Waals surface area contributed by atoms with Gasteiger partial charge < -0.3 is 32.3 Å². The van der Waals surface area contributed by atoms with Gasteiger partial charge >= 0.3 is 14.2 Å². The van der Waals surface area contributed by atoms with Crippen molar-refractivity contribution >= 4 is 90.6 Å². The van der Waals surface area contributed by atoms with E-state index in [1.807, 2.05) is 0 Å². The zero-order valence-electron chi connectivity index (χ0n) is 51.4. The molecule has 2 saturated heterocycles. The fraction of sp³-hybridized carbons (Fsp3) is 0.500. The van der Waals surface area contributed by atoms with Gasteiger partial charge in [0, 0.05) is 85.1 Å². The highest BCUT2D eigenvalue weighted by atomic mass is 16.7. The molecular weight excluding hydrogens is 992 g/mol. The topological polar surface area (TPSA) is 51.7 Å². The summed E-state index contributed by atoms with van der Waals surface area (Å²) in [5.41, 5.74) is 13.4. The fourth-order valence-electron chi connectivity index (χ4n) is 13.2. The first-order valence-corrected chi connectivity index (χ1v) is 31.9. The summed E-state index contributed by atoms with van der Waals surface area (Å²) in [6, 6.07) is 42.7. The van der Waals surface area contributed by atoms with Crippen molar-refractivity contribution in [3.63, 3.8) is 0 Å². The minimum absolute atomic E-state index is 0.398. The van der Waals surface area contributed by atoms with Crippen LogP contribution in [0.15, 0.2) is 109 Å². The normalized spacial score (nSPS) is 16.8. The third kappa shape index (κ3) is 11.3. The zero-order chi connectivity index (χ0) is 56.7. The van der Waals surface area contributed by atoms with E-state index in [2.05, 4.69) is 199 Å². The quantitative estimate of drug-likeness (QED) is 0.0423. The molecule has 2 aliphatic heterocycles. The first-order chi connectivity index (χ1) is 39.0. The second-order valence-corrected chi connectivity index (χ2v) is 26.4. The molecule has 0 unspecified atom stereocenters. The van der Waals surface area contributed by atoms with Crippen LogP contribution in [0.25, 0.3) is 87.7 Å². The highest BCUT2D eigenvalue weighted by Gasteiger charge is 2.53. The minimum atomic E-state index is -0.402. The molecule has 426 valence electrons. The molecule has 0 spiro atoms. The SMILES string of the molecule is CCCCCCCCn1c2cc(B3OC(C)(C)C(C)(C)O3)ccc2c2ccc(-c3ccc4c5ccc(-c6ccc7c8ccc(B9OC(C)(C)C(C)(C)O9)cc8n(CCCCCCCC)c7c6)cc5n(CCCCCCCC)c4c3)cc21. The Morgan fingerprint density at radius 2 is 0.506 bits per heavy atom. The minimum Gasteiger partial charge on any atom is -0.399 e. The summed E-state index contributed by atoms with van der Waals surface area (Å²) in [5.74, 6) is 0. The van der Waals surface area contributed by atoms with Gasteiger partial charge in [0.25, 0.3) is 0 Å². The molecule has 0 N–H and O–H groups in total. The number of nitrogens with zero attached hydrogens (tertiary/aromatic N) is 3. The number of unbranched alkanes of at least 4 members (excludes halogenated alkanes) is 15. The van der Waals surface area contributed by atoms with Gasteiger partial charge in [-0.3, -0.25) is 0 Å². The van der Waals surface area contributed by atoms with Crippen LogP contribution < -0.4 is 10.9 Å². The number of aromatic nitrogens is 3. The lowest BCUT2D eigenvalue weighted by Crippen LogP contribution is -2.41. The Hall–Kier alpha value is -5.31. The second kappa shape index (κ2) is 23.7. The van der Waals surface area contributed by atoms with Gasteiger partial charge in [-0.2, -0.15) is 0 Å². The lowest BCUT2D eigenvalue weighted by atomic mass is 9.79. The van der Waals surface area contributed by atoms with Crippen LogP contribution in [0.5, 0.6) is 0 Å². The van der Waals surface area contributed by atoms with Crippen LogP contribution in [-0.4, -0.2) is 50.3 Å². The van der Waals surface area contributed by atoms with Gasteiger partial charge in [0.1, 0.15) is 0 Å². The molecule has 9 heteroatoms. The summed E-state index contributed by atoms with van der Waals surface area (Å²) in [6.45, 7) is 27.0. The summed E-state index contributed by atoms with van der Waals surface area (Å²) in [5, 5.41) is 7.84. The summed E-state index contributed by atoms with van der Waals surface area (Å²) in [7, 11) is -0.803. The van der Waals surface area contributed by atoms with E-state index < -0.39 is 36.6 Å². The van der Waals surface area contributed by atoms with Crippen LogP contribution >= 0.6 is 0 Å². The number of hydrogen-bond donors (Lipinski definition) is 0. The molecule has 11 rings (SSSR count). The third-order valence-electron chi connectivity index (χ3n) is 19.6. The van der Waals surface area contributed by atoms with Crippen molar-refractivity contribution < 1.29 is 18.6 Å². The summed E-state index contributed by atoms with van der Waals surface area (Å²) in [6.07, 6.45) is 22.7. The number of aryl methyl sites for hydroxylation is 3. The van der Waals surface area contributed by atoms with Crippen LogP contribution in [0, 0.1) is 0 Å². The highest BCUT2D eigenvalue weighted by Crippen LogP contribution is 2.42. The smallest absolute Gasteiger partial charge is 0.399 e. The van der Waals surface area contributed by atoms with E-state index >= 15 is 0 Å². The third-order valence-corrected chi connectivity index (χ3v) is 19.6. The first-order valence-electron chi connectivity index (χ1n) is 31.9. The van der Waals surface area contributed by atoms with Gasteiger partial charge in [-0.25, -0.2) is 0 Å². The predicted molar refractivity (Wildman–Crippen MR) is 348 cm³/mol. The maximum Gasteiger partial charge on any atom is 0.494 e. The molecule has 2 aliphatic rings. The molecule has 3 aromatic heterocycles. The molecule has 6 aromatic carbocycles. The van der Waals surface area contributed by atoms with Gasteiger partial charge in [-0.1, -0.05) is 190 Å². The average Bonchev–Trinajstić information content (AvgIpc) is 4.34. The monoisotopic (exact) mass is 1090 g/mol. The molecular formula is C72H93B2N3O4. The zero-order valence-corrected chi connectivity index (χ0v) is 51.4. The van der Waals surface area contributed by atoms with Gasteiger partial charge in [-0.05, 0) is 144 Å². The van der Waals surface area contributed by atoms with Crippen molar-refractivity contribution in [1.82, 2.24) is 13.7 Å². The van der Waals surface area contributed by atoms with E-state index in [-0.39, 0.29) is 0 Å². The van der Waals surface area contributed by atoms with Crippen LogP contribution in [0.1, 0.15) is 192 Å². The number of benzene rings is 6. The number of rotatable bonds is 25. The Morgan fingerprint density at radius 3 is 0.765 bits per heavy atom. The predicted octanol–water partition coefficient (Wildman–Crippen LogP) is 19.0. The lowest BCUT2D eigenvalue weighted by Gasteiger charge is -2.32. The molecule has 7 nitrogen and oxygen atoms in total. The molecule has 5 heterocycles. The van der Waals surface area contributed by atoms with Crippen molar-refractivity contribution in [3.05, 3.63) is 109 Å². The van der Waals surface area contributed by atoms with E-state index in [0.29, 0.717) is 0 Å². The van der Waals surface area contributed by atoms with E-state index in [1.54, 1.807) is 0 Å². The standard InChI is InChI=1S/C72H93B2N3O4/c1-12-15-18-21-24-27-42-75-63-45-51(53-32-38-59-61-40-34-55(73-78-69(4,5)70(6,7)79-73)49-67(61)76(65(59)47-53)43-28-25-22-19-16-13-2)30-36-57(63)58-37-31-52(46-64(58)75)54-33-39-60-62-41-35-56(74-80-71(8,9)72(10,11)81-74)50-68(62)77(66(60)48-54)44-29-26-23-20-17-14-3/h30-41,45-50H,12-29,42-44H2,1-11H3. The van der Waals surface area contributed by atoms with Crippen molar-refractivity contribution in [3.8, 4) is 22.3 Å². The van der Waals surface area contributed by atoms with Crippen molar-refractivity contribution in [1.29, 1.82) is 0 Å². The first kappa shape index (κ1) is 57.5. The Bertz CT molecular complexity index is 3420. The van der Waals surface area contributed by atoms with Crippen LogP contribution in [0.4, 0.5) is 0 Å². The maximum absolute atomic E-state index is 6.61. The van der Waals surface area contributed by atoms with E-state index in [4.69, 9.17) is 18.6 Å². The highest BCUT2D eigenvalue weighted by molar-refractivity contribution is 6.63. The molecule has 0 radical (unpaired) electrons. The molecule has 0 bridgehead atoms. The van der Waals surface area contributed by atoms with Crippen LogP contribution in [0.3, 0.4) is 0 Å². The maximum atomic E-state index is 6.61. The lowest BCUT2D eigenvalue weighted by molar-refractivity contribution is 0.00578. The molecule has 81 heavy (non-hydrogen) atoms. The Morgan fingerprint density at radius 1 is 0.284 bits per heavy atom. The number of hydrogen-bond acceptors (Lipinski definition) is 4. The molecule has 2 fully saturated rings. The Kier molecular flexibility index (Phi) is 16.9. The van der Waals surface area contributed by atoms with Crippen LogP contribution in [-0.2, 0) is 38.3 Å². The molecule has 0 amide bonds. The summed E-state index contributed by atoms with van der Waals surface area (Å²) >= 11 is 0. The Labute approximate surface area is 485 Å². The van der Waals surface area contributed by atoms with Crippen molar-refractivity contribution in [2.75, 3.05) is 0 Å². The fourth-order valence-corrected chi connectivity index (χ4v) is 13.2. The van der Waals surface area contributed by atoms with Crippen molar-refractivity contribution in [2.24, 2.45) is 0 Å². The van der Waals surface area contributed by atoms with Gasteiger partial charge in [0.15, 0.2) is 0 Å². The average molecular weight is 1090 g/mol. The summed E-state index contributed by atoms with van der Waals surface area (Å²) < 4.78 is 34.3. The number of fused-ring (bicyclic) bond motifs is 9. The van der Waals surface area contributed by atoms with Gasteiger partial charge in [0.05, 0.1) is 22.4 Å². The summed E-state index contributed by atoms with van der Waals surface area (Å²) in [4.78, 5) is 0. The van der Waals surface area contributed by atoms with Crippen LogP contribution in [0.2, 0.25) is 0 Å². The van der Waals surface area contributed by atoms with Gasteiger partial charge in [0.2, 0.25) is 0 Å². The molecule has 0 atom stereocenters. The van der Waals surface area contributed by atoms with E-state index in [9.17, 15) is 0 Å². The molecule has 0 aliphatic carbocycles. The van der Waals surface area contributed by atoms with E-state index in [0.717, 1.165) is 49.8 Å². The second-order valence-electron chi connectivity index (χ2n) is 26.4. The van der Waals surface area contributed by atoms with Gasteiger partial charge in [-0.15, -0.1) is 0 Å². The van der Waals surface area contributed by atoms with Crippen molar-refractivity contribution in [2.45, 2.75) is 234 Å². The molecule has 0 saturated carbocycles. The largest absolute Gasteiger partial charge is 0.494 e. The Balaban J connectivity index is 0.975.